The van der Waals surface area contributed by atoms with Gasteiger partial charge in [-0.15, -0.1) is 0 Å². The standard InChI is InChI=1S/C18H20ClN3O3S/c1-13-8-11-22(12-9-13)26(24,25)15-6-4-14(5-7-15)21-18(23)16-3-2-10-20-17(16)19/h2-7,10,13H,8-9,11-12H2,1H3,(H,21,23). The van der Waals surface area contributed by atoms with E-state index in [2.05, 4.69) is 17.2 Å². The fraction of sp³-hybridized carbons (Fsp3) is 0.333. The molecule has 0 saturated carbocycles. The average Bonchev–Trinajstić information content (AvgIpc) is 2.63. The summed E-state index contributed by atoms with van der Waals surface area (Å²) in [6.07, 6.45) is 3.25. The molecule has 0 spiro atoms. The van der Waals surface area contributed by atoms with Crippen LogP contribution in [0.15, 0.2) is 47.5 Å². The third-order valence-corrected chi connectivity index (χ3v) is 6.71. The lowest BCUT2D eigenvalue weighted by molar-refractivity contribution is 0.102. The number of hydrogen-bond donors (Lipinski definition) is 1. The predicted molar refractivity (Wildman–Crippen MR) is 101 cm³/mol. The first-order valence-corrected chi connectivity index (χ1v) is 10.2. The molecule has 2 heterocycles. The van der Waals surface area contributed by atoms with Crippen LogP contribution in [0.2, 0.25) is 5.15 Å². The summed E-state index contributed by atoms with van der Waals surface area (Å²) in [7, 11) is -3.50. The van der Waals surface area contributed by atoms with Gasteiger partial charge in [-0.25, -0.2) is 13.4 Å². The zero-order valence-electron chi connectivity index (χ0n) is 14.4. The third kappa shape index (κ3) is 4.06. The summed E-state index contributed by atoms with van der Waals surface area (Å²) in [5.74, 6) is 0.155. The molecule has 1 fully saturated rings. The molecule has 1 aliphatic rings. The van der Waals surface area contributed by atoms with Crippen LogP contribution in [0.3, 0.4) is 0 Å². The second kappa shape index (κ2) is 7.73. The van der Waals surface area contributed by atoms with Crippen LogP contribution >= 0.6 is 11.6 Å². The largest absolute Gasteiger partial charge is 0.322 e. The van der Waals surface area contributed by atoms with E-state index < -0.39 is 15.9 Å². The molecule has 0 atom stereocenters. The number of rotatable bonds is 4. The van der Waals surface area contributed by atoms with Crippen molar-refractivity contribution in [3.63, 3.8) is 0 Å². The van der Waals surface area contributed by atoms with Crippen molar-refractivity contribution < 1.29 is 13.2 Å². The van der Waals surface area contributed by atoms with Gasteiger partial charge in [0.15, 0.2) is 0 Å². The lowest BCUT2D eigenvalue weighted by Gasteiger charge is -2.29. The number of piperidine rings is 1. The van der Waals surface area contributed by atoms with E-state index in [9.17, 15) is 13.2 Å². The fourth-order valence-corrected chi connectivity index (χ4v) is 4.51. The number of benzene rings is 1. The molecule has 8 heteroatoms. The second-order valence-corrected chi connectivity index (χ2v) is 8.70. The summed E-state index contributed by atoms with van der Waals surface area (Å²) in [6.45, 7) is 3.22. The van der Waals surface area contributed by atoms with Crippen LogP contribution in [0.5, 0.6) is 0 Å². The Kier molecular flexibility index (Phi) is 5.60. The highest BCUT2D eigenvalue weighted by Crippen LogP contribution is 2.24. The van der Waals surface area contributed by atoms with Crippen molar-refractivity contribution in [2.75, 3.05) is 18.4 Å². The number of carbonyl (C=O) groups excluding carboxylic acids is 1. The molecule has 1 aromatic carbocycles. The number of aromatic nitrogens is 1. The van der Waals surface area contributed by atoms with Crippen LogP contribution in [-0.4, -0.2) is 36.7 Å². The van der Waals surface area contributed by atoms with Crippen LogP contribution in [-0.2, 0) is 10.0 Å². The molecule has 2 aromatic rings. The minimum atomic E-state index is -3.50. The Balaban J connectivity index is 1.72. The third-order valence-electron chi connectivity index (χ3n) is 4.50. The molecule has 6 nitrogen and oxygen atoms in total. The molecule has 0 aliphatic carbocycles. The van der Waals surface area contributed by atoms with Crippen molar-refractivity contribution >= 4 is 33.2 Å². The first-order chi connectivity index (χ1) is 12.4. The predicted octanol–water partition coefficient (Wildman–Crippen LogP) is 3.41. The van der Waals surface area contributed by atoms with Crippen LogP contribution in [0, 0.1) is 5.92 Å². The smallest absolute Gasteiger partial charge is 0.258 e. The van der Waals surface area contributed by atoms with Crippen molar-refractivity contribution in [2.45, 2.75) is 24.7 Å². The minimum Gasteiger partial charge on any atom is -0.322 e. The number of nitrogens with zero attached hydrogens (tertiary/aromatic N) is 2. The number of carbonyl (C=O) groups is 1. The van der Waals surface area contributed by atoms with E-state index in [0.29, 0.717) is 24.7 Å². The van der Waals surface area contributed by atoms with E-state index in [4.69, 9.17) is 11.6 Å². The maximum atomic E-state index is 12.7. The number of nitrogens with one attached hydrogen (secondary N) is 1. The summed E-state index contributed by atoms with van der Waals surface area (Å²) >= 11 is 5.91. The van der Waals surface area contributed by atoms with Gasteiger partial charge in [0.1, 0.15) is 5.15 Å². The van der Waals surface area contributed by atoms with Gasteiger partial charge in [0.05, 0.1) is 10.5 Å². The van der Waals surface area contributed by atoms with Crippen molar-refractivity contribution in [3.8, 4) is 0 Å². The van der Waals surface area contributed by atoms with Gasteiger partial charge in [0.2, 0.25) is 10.0 Å². The molecule has 0 bridgehead atoms. The molecular formula is C18H20ClN3O3S. The number of halogens is 1. The van der Waals surface area contributed by atoms with Gasteiger partial charge in [0.25, 0.3) is 5.91 Å². The van der Waals surface area contributed by atoms with Gasteiger partial charge < -0.3 is 5.32 Å². The normalized spacial score (nSPS) is 16.4. The molecule has 0 unspecified atom stereocenters. The number of sulfonamides is 1. The maximum Gasteiger partial charge on any atom is 0.258 e. The molecule has 1 aromatic heterocycles. The van der Waals surface area contributed by atoms with Crippen molar-refractivity contribution in [1.82, 2.24) is 9.29 Å². The van der Waals surface area contributed by atoms with Crippen LogP contribution < -0.4 is 5.32 Å². The van der Waals surface area contributed by atoms with E-state index in [1.165, 1.54) is 22.6 Å². The molecule has 3 rings (SSSR count). The highest BCUT2D eigenvalue weighted by molar-refractivity contribution is 7.89. The molecule has 26 heavy (non-hydrogen) atoms. The maximum absolute atomic E-state index is 12.7. The van der Waals surface area contributed by atoms with Gasteiger partial charge >= 0.3 is 0 Å². The van der Waals surface area contributed by atoms with Gasteiger partial charge in [0, 0.05) is 25.0 Å². The highest BCUT2D eigenvalue weighted by Gasteiger charge is 2.27. The summed E-state index contributed by atoms with van der Waals surface area (Å²) in [5, 5.41) is 2.81. The molecule has 1 saturated heterocycles. The molecule has 1 amide bonds. The van der Waals surface area contributed by atoms with Gasteiger partial charge in [-0.05, 0) is 55.2 Å². The first-order valence-electron chi connectivity index (χ1n) is 8.40. The number of amides is 1. The lowest BCUT2D eigenvalue weighted by atomic mass is 10.0. The number of anilines is 1. The summed E-state index contributed by atoms with van der Waals surface area (Å²) in [4.78, 5) is 16.3. The van der Waals surface area contributed by atoms with Crippen LogP contribution in [0.25, 0.3) is 0 Å². The monoisotopic (exact) mass is 393 g/mol. The lowest BCUT2D eigenvalue weighted by Crippen LogP contribution is -2.37. The highest BCUT2D eigenvalue weighted by atomic mass is 35.5. The van der Waals surface area contributed by atoms with Crippen LogP contribution in [0.1, 0.15) is 30.1 Å². The minimum absolute atomic E-state index is 0.114. The van der Waals surface area contributed by atoms with E-state index in [-0.39, 0.29) is 15.6 Å². The van der Waals surface area contributed by atoms with E-state index >= 15 is 0 Å². The van der Waals surface area contributed by atoms with Crippen LogP contribution in [0.4, 0.5) is 5.69 Å². The van der Waals surface area contributed by atoms with Gasteiger partial charge in [-0.2, -0.15) is 4.31 Å². The molecular weight excluding hydrogens is 374 g/mol. The van der Waals surface area contributed by atoms with Crippen molar-refractivity contribution in [1.29, 1.82) is 0 Å². The summed E-state index contributed by atoms with van der Waals surface area (Å²) < 4.78 is 26.9. The Labute approximate surface area is 158 Å². The van der Waals surface area contributed by atoms with E-state index in [1.54, 1.807) is 24.3 Å². The second-order valence-electron chi connectivity index (χ2n) is 6.41. The molecule has 138 valence electrons. The zero-order valence-corrected chi connectivity index (χ0v) is 15.9. The topological polar surface area (TPSA) is 79.4 Å². The van der Waals surface area contributed by atoms with Gasteiger partial charge in [-0.1, -0.05) is 18.5 Å². The quantitative estimate of drug-likeness (QED) is 0.807. The fourth-order valence-electron chi connectivity index (χ4n) is 2.84. The number of pyridine rings is 1. The number of hydrogen-bond acceptors (Lipinski definition) is 4. The average molecular weight is 394 g/mol. The Bertz CT molecular complexity index is 892. The molecule has 1 aliphatic heterocycles. The van der Waals surface area contributed by atoms with E-state index in [0.717, 1.165) is 12.8 Å². The Morgan fingerprint density at radius 2 is 1.85 bits per heavy atom. The summed E-state index contributed by atoms with van der Waals surface area (Å²) in [5.41, 5.74) is 0.745. The van der Waals surface area contributed by atoms with E-state index in [1.807, 2.05) is 0 Å². The SMILES string of the molecule is CC1CCN(S(=O)(=O)c2ccc(NC(=O)c3cccnc3Cl)cc2)CC1. The Morgan fingerprint density at radius 3 is 2.46 bits per heavy atom. The summed E-state index contributed by atoms with van der Waals surface area (Å²) in [6, 6.07) is 9.35. The van der Waals surface area contributed by atoms with Gasteiger partial charge in [-0.3, -0.25) is 4.79 Å². The zero-order chi connectivity index (χ0) is 18.7. The molecule has 1 N–H and O–H groups in total. The van der Waals surface area contributed by atoms with Crippen molar-refractivity contribution in [2.24, 2.45) is 5.92 Å². The van der Waals surface area contributed by atoms with Crippen molar-refractivity contribution in [3.05, 3.63) is 53.3 Å². The Morgan fingerprint density at radius 1 is 1.19 bits per heavy atom. The first kappa shape index (κ1) is 18.8. The Hall–Kier alpha value is -1.96. The molecule has 0 radical (unpaired) electrons.